The number of hydrogen-bond donors (Lipinski definition) is 1. The number of nitrogens with one attached hydrogen (secondary N) is 1. The van der Waals surface area contributed by atoms with Crippen LogP contribution in [0.3, 0.4) is 0 Å². The number of aromatic nitrogens is 5. The zero-order chi connectivity index (χ0) is 17.9. The highest BCUT2D eigenvalue weighted by Gasteiger charge is 2.11. The first kappa shape index (κ1) is 15.9. The normalized spacial score (nSPS) is 10.8. The third-order valence-corrected chi connectivity index (χ3v) is 3.97. The molecule has 3 aromatic heterocycles. The summed E-state index contributed by atoms with van der Waals surface area (Å²) in [4.78, 5) is 15.6. The van der Waals surface area contributed by atoms with Crippen LogP contribution in [0.4, 0.5) is 5.69 Å². The van der Waals surface area contributed by atoms with E-state index in [-0.39, 0.29) is 5.91 Å². The van der Waals surface area contributed by atoms with E-state index in [4.69, 9.17) is 0 Å². The highest BCUT2D eigenvalue weighted by Crippen LogP contribution is 2.22. The van der Waals surface area contributed by atoms with Crippen LogP contribution in [0.25, 0.3) is 28.3 Å². The van der Waals surface area contributed by atoms with Gasteiger partial charge in [-0.1, -0.05) is 19.1 Å². The minimum absolute atomic E-state index is 0.0112. The van der Waals surface area contributed by atoms with Crippen LogP contribution < -0.4 is 5.32 Å². The van der Waals surface area contributed by atoms with Gasteiger partial charge in [-0.05, 0) is 36.4 Å². The molecule has 0 aliphatic carbocycles. The second-order valence-electron chi connectivity index (χ2n) is 5.73. The first-order valence-electron chi connectivity index (χ1n) is 8.28. The summed E-state index contributed by atoms with van der Waals surface area (Å²) in [6, 6.07) is 15.1. The summed E-state index contributed by atoms with van der Waals surface area (Å²) in [6.45, 7) is 1.82. The summed E-state index contributed by atoms with van der Waals surface area (Å²) in [5.74, 6) is 0.629. The lowest BCUT2D eigenvalue weighted by Crippen LogP contribution is -2.09. The Hall–Kier alpha value is -3.61. The predicted octanol–water partition coefficient (Wildman–Crippen LogP) is 3.20. The Balaban J connectivity index is 1.70. The van der Waals surface area contributed by atoms with Gasteiger partial charge in [-0.15, -0.1) is 10.2 Å². The van der Waals surface area contributed by atoms with Crippen LogP contribution in [0.1, 0.15) is 13.3 Å². The van der Waals surface area contributed by atoms with Crippen LogP contribution in [0.5, 0.6) is 0 Å². The van der Waals surface area contributed by atoms with E-state index < -0.39 is 0 Å². The number of nitrogens with zero attached hydrogens (tertiary/aromatic N) is 5. The number of rotatable bonds is 4. The predicted molar refractivity (Wildman–Crippen MR) is 98.4 cm³/mol. The third kappa shape index (κ3) is 3.02. The van der Waals surface area contributed by atoms with Crippen molar-refractivity contribution >= 4 is 17.2 Å². The van der Waals surface area contributed by atoms with Gasteiger partial charge in [0.25, 0.3) is 0 Å². The van der Waals surface area contributed by atoms with Crippen molar-refractivity contribution in [2.24, 2.45) is 0 Å². The summed E-state index contributed by atoms with van der Waals surface area (Å²) in [6.07, 6.45) is 3.89. The molecule has 0 spiro atoms. The van der Waals surface area contributed by atoms with Crippen molar-refractivity contribution in [2.75, 3.05) is 5.32 Å². The number of hydrogen-bond acceptors (Lipinski definition) is 5. The largest absolute Gasteiger partial charge is 0.326 e. The molecule has 0 atom stereocenters. The highest BCUT2D eigenvalue weighted by molar-refractivity contribution is 5.90. The fraction of sp³-hybridized carbons (Fsp3) is 0.105. The minimum atomic E-state index is -0.0112. The van der Waals surface area contributed by atoms with Crippen molar-refractivity contribution in [3.8, 4) is 22.6 Å². The molecule has 4 rings (SSSR count). The number of pyridine rings is 1. The van der Waals surface area contributed by atoms with Crippen LogP contribution in [0.15, 0.2) is 60.9 Å². The van der Waals surface area contributed by atoms with E-state index >= 15 is 0 Å². The SMILES string of the molecule is CCC(=O)Nc1ccc(-c2ccc3nnc(-c4cccnc4)n3n2)cc1. The maximum absolute atomic E-state index is 11.5. The Morgan fingerprint density at radius 1 is 1.04 bits per heavy atom. The van der Waals surface area contributed by atoms with Crippen LogP contribution in [0, 0.1) is 0 Å². The van der Waals surface area contributed by atoms with Crippen molar-refractivity contribution in [3.63, 3.8) is 0 Å². The Kier molecular flexibility index (Phi) is 4.10. The summed E-state index contributed by atoms with van der Waals surface area (Å²) < 4.78 is 1.71. The average molecular weight is 344 g/mol. The minimum Gasteiger partial charge on any atom is -0.326 e. The van der Waals surface area contributed by atoms with Crippen molar-refractivity contribution < 1.29 is 4.79 Å². The lowest BCUT2D eigenvalue weighted by Gasteiger charge is -2.06. The van der Waals surface area contributed by atoms with Gasteiger partial charge in [-0.3, -0.25) is 9.78 Å². The number of benzene rings is 1. The Morgan fingerprint density at radius 2 is 1.88 bits per heavy atom. The van der Waals surface area contributed by atoms with Gasteiger partial charge in [0.15, 0.2) is 11.5 Å². The zero-order valence-electron chi connectivity index (χ0n) is 14.1. The maximum Gasteiger partial charge on any atom is 0.224 e. The van der Waals surface area contributed by atoms with Crippen molar-refractivity contribution in [3.05, 3.63) is 60.9 Å². The molecule has 0 saturated heterocycles. The van der Waals surface area contributed by atoms with Gasteiger partial charge in [0, 0.05) is 35.6 Å². The molecule has 1 amide bonds. The molecule has 0 bridgehead atoms. The van der Waals surface area contributed by atoms with E-state index in [9.17, 15) is 4.79 Å². The van der Waals surface area contributed by atoms with E-state index in [2.05, 4.69) is 25.6 Å². The number of carbonyl (C=O) groups excluding carboxylic acids is 1. The second kappa shape index (κ2) is 6.72. The smallest absolute Gasteiger partial charge is 0.224 e. The summed E-state index contributed by atoms with van der Waals surface area (Å²) in [7, 11) is 0. The molecule has 0 unspecified atom stereocenters. The quantitative estimate of drug-likeness (QED) is 0.614. The van der Waals surface area contributed by atoms with Crippen LogP contribution in [-0.2, 0) is 4.79 Å². The van der Waals surface area contributed by atoms with Gasteiger partial charge in [0.05, 0.1) is 5.69 Å². The average Bonchev–Trinajstić information content (AvgIpc) is 3.12. The molecule has 7 heteroatoms. The molecule has 0 radical (unpaired) electrons. The topological polar surface area (TPSA) is 85.1 Å². The lowest BCUT2D eigenvalue weighted by molar-refractivity contribution is -0.115. The van der Waals surface area contributed by atoms with Crippen LogP contribution >= 0.6 is 0 Å². The molecular weight excluding hydrogens is 328 g/mol. The third-order valence-electron chi connectivity index (χ3n) is 3.97. The standard InChI is InChI=1S/C19H16N6O/c1-2-18(26)21-15-7-5-13(6-8-15)16-9-10-17-22-23-19(25(17)24-16)14-4-3-11-20-12-14/h3-12H,2H2,1H3,(H,21,26). The van der Waals surface area contributed by atoms with E-state index in [0.717, 1.165) is 22.5 Å². The zero-order valence-corrected chi connectivity index (χ0v) is 14.1. The number of amides is 1. The van der Waals surface area contributed by atoms with Gasteiger partial charge in [-0.25, -0.2) is 0 Å². The van der Waals surface area contributed by atoms with Crippen molar-refractivity contribution in [1.29, 1.82) is 0 Å². The number of anilines is 1. The molecule has 7 nitrogen and oxygen atoms in total. The fourth-order valence-electron chi connectivity index (χ4n) is 2.59. The molecule has 4 aromatic rings. The molecule has 0 aliphatic heterocycles. The monoisotopic (exact) mass is 344 g/mol. The Bertz CT molecular complexity index is 1060. The molecule has 0 fully saturated rings. The molecular formula is C19H16N6O. The highest BCUT2D eigenvalue weighted by atomic mass is 16.1. The van der Waals surface area contributed by atoms with Gasteiger partial charge < -0.3 is 5.32 Å². The van der Waals surface area contributed by atoms with E-state index in [0.29, 0.717) is 17.9 Å². The Morgan fingerprint density at radius 3 is 2.62 bits per heavy atom. The van der Waals surface area contributed by atoms with Gasteiger partial charge in [0.1, 0.15) is 0 Å². The van der Waals surface area contributed by atoms with E-state index in [1.54, 1.807) is 16.9 Å². The molecule has 0 aliphatic rings. The second-order valence-corrected chi connectivity index (χ2v) is 5.73. The van der Waals surface area contributed by atoms with Crippen molar-refractivity contribution in [1.82, 2.24) is 24.8 Å². The van der Waals surface area contributed by atoms with Gasteiger partial charge in [-0.2, -0.15) is 9.61 Å². The first-order chi connectivity index (χ1) is 12.7. The molecule has 26 heavy (non-hydrogen) atoms. The first-order valence-corrected chi connectivity index (χ1v) is 8.28. The van der Waals surface area contributed by atoms with E-state index in [1.165, 1.54) is 0 Å². The maximum atomic E-state index is 11.5. The Labute approximate surface area is 149 Å². The van der Waals surface area contributed by atoms with Crippen LogP contribution in [0.2, 0.25) is 0 Å². The molecule has 3 heterocycles. The van der Waals surface area contributed by atoms with Gasteiger partial charge in [0.2, 0.25) is 5.91 Å². The number of fused-ring (bicyclic) bond motifs is 1. The van der Waals surface area contributed by atoms with Crippen molar-refractivity contribution in [2.45, 2.75) is 13.3 Å². The number of carbonyl (C=O) groups is 1. The molecule has 0 saturated carbocycles. The molecule has 1 N–H and O–H groups in total. The fourth-order valence-corrected chi connectivity index (χ4v) is 2.59. The molecule has 128 valence electrons. The molecule has 1 aromatic carbocycles. The lowest BCUT2D eigenvalue weighted by atomic mass is 10.1. The van der Waals surface area contributed by atoms with Crippen LogP contribution in [-0.4, -0.2) is 30.7 Å². The summed E-state index contributed by atoms with van der Waals surface area (Å²) in [5, 5.41) is 15.9. The summed E-state index contributed by atoms with van der Waals surface area (Å²) >= 11 is 0. The van der Waals surface area contributed by atoms with Gasteiger partial charge >= 0.3 is 0 Å². The van der Waals surface area contributed by atoms with E-state index in [1.807, 2.05) is 55.5 Å². The summed E-state index contributed by atoms with van der Waals surface area (Å²) in [5.41, 5.74) is 4.01.